The van der Waals surface area contributed by atoms with Crippen LogP contribution in [-0.4, -0.2) is 15.5 Å². The molecule has 1 fully saturated rings. The van der Waals surface area contributed by atoms with E-state index in [1.165, 1.54) is 18.5 Å². The molecule has 3 rings (SSSR count). The summed E-state index contributed by atoms with van der Waals surface area (Å²) in [5, 5.41) is 2.96. The second-order valence-corrected chi connectivity index (χ2v) is 5.43. The summed E-state index contributed by atoms with van der Waals surface area (Å²) in [6.45, 7) is 4.62. The molecule has 4 heteroatoms. The number of amides is 1. The summed E-state index contributed by atoms with van der Waals surface area (Å²) in [4.78, 5) is 16.3. The van der Waals surface area contributed by atoms with Crippen LogP contribution in [0.1, 0.15) is 46.2 Å². The van der Waals surface area contributed by atoms with E-state index >= 15 is 0 Å². The minimum atomic E-state index is -0.00569. The van der Waals surface area contributed by atoms with Crippen molar-refractivity contribution in [2.75, 3.05) is 0 Å². The predicted octanol–water partition coefficient (Wildman–Crippen LogP) is 2.76. The maximum absolute atomic E-state index is 12.3. The maximum Gasteiger partial charge on any atom is 0.253 e. The van der Waals surface area contributed by atoms with Crippen molar-refractivity contribution in [3.63, 3.8) is 0 Å². The number of hydrogen-bond donors (Lipinski definition) is 1. The normalized spacial score (nSPS) is 14.3. The molecule has 1 saturated carbocycles. The number of carbonyl (C=O) groups is 1. The quantitative estimate of drug-likeness (QED) is 0.927. The van der Waals surface area contributed by atoms with Crippen molar-refractivity contribution in [3.05, 3.63) is 53.1 Å². The molecule has 4 nitrogen and oxygen atoms in total. The van der Waals surface area contributed by atoms with Crippen LogP contribution >= 0.6 is 0 Å². The van der Waals surface area contributed by atoms with E-state index in [0.717, 1.165) is 16.8 Å². The molecule has 1 amide bonds. The Hall–Kier alpha value is -2.10. The molecule has 0 atom stereocenters. The van der Waals surface area contributed by atoms with E-state index in [0.29, 0.717) is 12.6 Å². The molecule has 2 heterocycles. The molecule has 20 heavy (non-hydrogen) atoms. The van der Waals surface area contributed by atoms with Gasteiger partial charge in [0.1, 0.15) is 0 Å². The highest BCUT2D eigenvalue weighted by atomic mass is 16.1. The smallest absolute Gasteiger partial charge is 0.253 e. The predicted molar refractivity (Wildman–Crippen MR) is 77.6 cm³/mol. The van der Waals surface area contributed by atoms with Gasteiger partial charge in [-0.3, -0.25) is 9.78 Å². The fraction of sp³-hybridized carbons (Fsp3) is 0.375. The summed E-state index contributed by atoms with van der Waals surface area (Å²) in [6.07, 6.45) is 5.96. The first-order valence-electron chi connectivity index (χ1n) is 7.02. The molecule has 2 aromatic heterocycles. The summed E-state index contributed by atoms with van der Waals surface area (Å²) in [5.41, 5.74) is 4.06. The van der Waals surface area contributed by atoms with Crippen LogP contribution in [0.3, 0.4) is 0 Å². The van der Waals surface area contributed by atoms with E-state index in [-0.39, 0.29) is 5.91 Å². The van der Waals surface area contributed by atoms with Crippen LogP contribution in [0, 0.1) is 13.8 Å². The van der Waals surface area contributed by atoms with Crippen molar-refractivity contribution in [1.29, 1.82) is 0 Å². The molecule has 2 aromatic rings. The Morgan fingerprint density at radius 2 is 2.25 bits per heavy atom. The highest BCUT2D eigenvalue weighted by Crippen LogP contribution is 2.38. The van der Waals surface area contributed by atoms with Crippen LogP contribution < -0.4 is 5.32 Å². The number of carbonyl (C=O) groups excluding carboxylic acids is 1. The molecular formula is C16H19N3O. The van der Waals surface area contributed by atoms with E-state index in [9.17, 15) is 4.79 Å². The summed E-state index contributed by atoms with van der Waals surface area (Å²) < 4.78 is 2.29. The Morgan fingerprint density at radius 1 is 1.45 bits per heavy atom. The van der Waals surface area contributed by atoms with Crippen LogP contribution in [-0.2, 0) is 6.54 Å². The van der Waals surface area contributed by atoms with E-state index < -0.39 is 0 Å². The lowest BCUT2D eigenvalue weighted by molar-refractivity contribution is 0.0950. The van der Waals surface area contributed by atoms with Gasteiger partial charge in [0.25, 0.3) is 5.91 Å². The van der Waals surface area contributed by atoms with E-state index in [4.69, 9.17) is 0 Å². The van der Waals surface area contributed by atoms with Crippen molar-refractivity contribution >= 4 is 5.91 Å². The van der Waals surface area contributed by atoms with Gasteiger partial charge in [0.2, 0.25) is 0 Å². The highest BCUT2D eigenvalue weighted by Gasteiger charge is 2.28. The zero-order valence-corrected chi connectivity index (χ0v) is 11.9. The monoisotopic (exact) mass is 269 g/mol. The van der Waals surface area contributed by atoms with Crippen molar-refractivity contribution in [2.24, 2.45) is 0 Å². The molecule has 0 radical (unpaired) electrons. The summed E-state index contributed by atoms with van der Waals surface area (Å²) in [6, 6.07) is 6.43. The molecule has 1 aliphatic carbocycles. The fourth-order valence-corrected chi connectivity index (χ4v) is 2.68. The Morgan fingerprint density at radius 3 is 2.90 bits per heavy atom. The largest absolute Gasteiger partial charge is 0.348 e. The number of aromatic nitrogens is 2. The molecule has 1 aliphatic rings. The molecule has 0 aliphatic heterocycles. The first-order chi connectivity index (χ1) is 9.66. The molecule has 0 unspecified atom stereocenters. The first kappa shape index (κ1) is 12.9. The Bertz CT molecular complexity index is 627. The van der Waals surface area contributed by atoms with Crippen molar-refractivity contribution in [2.45, 2.75) is 39.3 Å². The van der Waals surface area contributed by atoms with Gasteiger partial charge in [0, 0.05) is 36.4 Å². The van der Waals surface area contributed by atoms with Crippen molar-refractivity contribution in [1.82, 2.24) is 14.9 Å². The summed E-state index contributed by atoms with van der Waals surface area (Å²) in [7, 11) is 0. The second-order valence-electron chi connectivity index (χ2n) is 5.43. The lowest BCUT2D eigenvalue weighted by atomic mass is 10.2. The summed E-state index contributed by atoms with van der Waals surface area (Å²) >= 11 is 0. The van der Waals surface area contributed by atoms with Gasteiger partial charge in [-0.15, -0.1) is 0 Å². The van der Waals surface area contributed by atoms with Crippen LogP contribution in [0.4, 0.5) is 0 Å². The number of rotatable bonds is 4. The Labute approximate surface area is 118 Å². The number of nitrogens with one attached hydrogen (secondary N) is 1. The minimum Gasteiger partial charge on any atom is -0.348 e. The van der Waals surface area contributed by atoms with Gasteiger partial charge in [0.15, 0.2) is 0 Å². The van der Waals surface area contributed by atoms with Crippen LogP contribution in [0.2, 0.25) is 0 Å². The van der Waals surface area contributed by atoms with Crippen molar-refractivity contribution in [3.8, 4) is 0 Å². The molecule has 0 bridgehead atoms. The number of pyridine rings is 1. The van der Waals surface area contributed by atoms with E-state index in [1.54, 1.807) is 12.4 Å². The molecular weight excluding hydrogens is 250 g/mol. The zero-order valence-electron chi connectivity index (χ0n) is 11.9. The third-order valence-electron chi connectivity index (χ3n) is 3.82. The second kappa shape index (κ2) is 5.12. The van der Waals surface area contributed by atoms with Gasteiger partial charge in [-0.2, -0.15) is 0 Å². The van der Waals surface area contributed by atoms with Crippen LogP contribution in [0.5, 0.6) is 0 Å². The Kier molecular flexibility index (Phi) is 3.30. The zero-order chi connectivity index (χ0) is 14.1. The van der Waals surface area contributed by atoms with Gasteiger partial charge in [-0.05, 0) is 44.4 Å². The topological polar surface area (TPSA) is 46.9 Å². The molecule has 1 N–H and O–H groups in total. The number of nitrogens with zero attached hydrogens (tertiary/aromatic N) is 2. The maximum atomic E-state index is 12.3. The highest BCUT2D eigenvalue weighted by molar-refractivity contribution is 5.95. The van der Waals surface area contributed by atoms with Gasteiger partial charge >= 0.3 is 0 Å². The van der Waals surface area contributed by atoms with Crippen molar-refractivity contribution < 1.29 is 4.79 Å². The van der Waals surface area contributed by atoms with Gasteiger partial charge < -0.3 is 9.88 Å². The van der Waals surface area contributed by atoms with E-state index in [2.05, 4.69) is 21.8 Å². The molecule has 0 aromatic carbocycles. The molecule has 0 saturated heterocycles. The average molecular weight is 269 g/mol. The van der Waals surface area contributed by atoms with E-state index in [1.807, 2.05) is 25.1 Å². The molecule has 0 spiro atoms. The van der Waals surface area contributed by atoms with Gasteiger partial charge in [-0.25, -0.2) is 0 Å². The summed E-state index contributed by atoms with van der Waals surface area (Å²) in [5.74, 6) is -0.00569. The van der Waals surface area contributed by atoms with Crippen LogP contribution in [0.15, 0.2) is 30.6 Å². The average Bonchev–Trinajstić information content (AvgIpc) is 3.23. The number of aryl methyl sites for hydroxylation is 1. The van der Waals surface area contributed by atoms with Gasteiger partial charge in [0.05, 0.1) is 5.56 Å². The minimum absolute atomic E-state index is 0.00569. The lowest BCUT2D eigenvalue weighted by Gasteiger charge is -2.08. The molecule has 104 valence electrons. The Balaban J connectivity index is 1.73. The standard InChI is InChI=1S/C16H19N3O/c1-11-8-15(12(2)19(11)14-5-6-14)16(20)18-10-13-4-3-7-17-9-13/h3-4,7-9,14H,5-6,10H2,1-2H3,(H,18,20). The SMILES string of the molecule is Cc1cc(C(=O)NCc2cccnc2)c(C)n1C1CC1. The first-order valence-corrected chi connectivity index (χ1v) is 7.02. The third-order valence-corrected chi connectivity index (χ3v) is 3.82. The number of hydrogen-bond acceptors (Lipinski definition) is 2. The third kappa shape index (κ3) is 2.46. The fourth-order valence-electron chi connectivity index (χ4n) is 2.68. The lowest BCUT2D eigenvalue weighted by Crippen LogP contribution is -2.23. The van der Waals surface area contributed by atoms with Crippen LogP contribution in [0.25, 0.3) is 0 Å². The van der Waals surface area contributed by atoms with Gasteiger partial charge in [-0.1, -0.05) is 6.07 Å².